The van der Waals surface area contributed by atoms with Crippen LogP contribution in [0.1, 0.15) is 29.6 Å². The highest BCUT2D eigenvalue weighted by atomic mass is 16.3. The molecule has 0 saturated carbocycles. The summed E-state index contributed by atoms with van der Waals surface area (Å²) in [6.07, 6.45) is 0. The number of nitrogens with one attached hydrogen (secondary N) is 3. The van der Waals surface area contributed by atoms with Crippen LogP contribution in [0.15, 0.2) is 40.8 Å². The van der Waals surface area contributed by atoms with Gasteiger partial charge >= 0.3 is 12.1 Å². The van der Waals surface area contributed by atoms with Gasteiger partial charge in [0.05, 0.1) is 0 Å². The Bertz CT molecular complexity index is 969. The molecule has 152 valence electrons. The number of benzene rings is 1. The number of rotatable bonds is 5. The monoisotopic (exact) mass is 398 g/mol. The minimum atomic E-state index is -1.34. The molecule has 29 heavy (non-hydrogen) atoms. The van der Waals surface area contributed by atoms with Crippen LogP contribution in [-0.2, 0) is 21.7 Å². The predicted octanol–water partition coefficient (Wildman–Crippen LogP) is 1.69. The highest BCUT2D eigenvalue weighted by Crippen LogP contribution is 2.32. The number of amides is 6. The first-order valence-electron chi connectivity index (χ1n) is 9.04. The highest BCUT2D eigenvalue weighted by Gasteiger charge is 2.51. The van der Waals surface area contributed by atoms with Crippen molar-refractivity contribution in [3.05, 3.63) is 59.0 Å². The van der Waals surface area contributed by atoms with Gasteiger partial charge in [-0.25, -0.2) is 9.59 Å². The van der Waals surface area contributed by atoms with Crippen molar-refractivity contribution in [2.75, 3.05) is 6.54 Å². The van der Waals surface area contributed by atoms with E-state index in [0.29, 0.717) is 17.1 Å². The highest BCUT2D eigenvalue weighted by molar-refractivity contribution is 6.10. The molecule has 0 spiro atoms. The van der Waals surface area contributed by atoms with E-state index in [1.807, 2.05) is 30.3 Å². The first-order chi connectivity index (χ1) is 13.7. The van der Waals surface area contributed by atoms with Gasteiger partial charge in [-0.2, -0.15) is 0 Å². The summed E-state index contributed by atoms with van der Waals surface area (Å²) in [6.45, 7) is 4.64. The Kier molecular flexibility index (Phi) is 5.40. The fourth-order valence-electron chi connectivity index (χ4n) is 3.28. The summed E-state index contributed by atoms with van der Waals surface area (Å²) in [4.78, 5) is 50.0. The average Bonchev–Trinajstić information content (AvgIpc) is 3.12. The van der Waals surface area contributed by atoms with Gasteiger partial charge in [0, 0.05) is 12.1 Å². The van der Waals surface area contributed by atoms with Crippen molar-refractivity contribution >= 4 is 23.9 Å². The number of urea groups is 2. The van der Waals surface area contributed by atoms with E-state index >= 15 is 0 Å². The van der Waals surface area contributed by atoms with Crippen LogP contribution in [0.2, 0.25) is 0 Å². The van der Waals surface area contributed by atoms with E-state index in [-0.39, 0.29) is 6.54 Å². The molecule has 2 heterocycles. The van der Waals surface area contributed by atoms with E-state index in [2.05, 4.69) is 16.0 Å². The van der Waals surface area contributed by atoms with Gasteiger partial charge in [0.15, 0.2) is 0 Å². The SMILES string of the molecule is Cc1cc(C2(C)NC(=O)N(CC(=O)NC(=O)NCc3ccccc3)C2=O)c(C)o1. The van der Waals surface area contributed by atoms with Crippen LogP contribution in [0.25, 0.3) is 0 Å². The van der Waals surface area contributed by atoms with Gasteiger partial charge in [-0.15, -0.1) is 0 Å². The zero-order chi connectivity index (χ0) is 21.2. The minimum Gasteiger partial charge on any atom is -0.466 e. The lowest BCUT2D eigenvalue weighted by molar-refractivity contribution is -0.134. The van der Waals surface area contributed by atoms with Gasteiger partial charge in [-0.1, -0.05) is 30.3 Å². The number of nitrogens with zero attached hydrogens (tertiary/aromatic N) is 1. The van der Waals surface area contributed by atoms with E-state index in [4.69, 9.17) is 4.42 Å². The molecule has 1 saturated heterocycles. The number of hydrogen-bond acceptors (Lipinski definition) is 5. The van der Waals surface area contributed by atoms with Gasteiger partial charge in [0.25, 0.3) is 5.91 Å². The van der Waals surface area contributed by atoms with Crippen LogP contribution in [-0.4, -0.2) is 35.3 Å². The average molecular weight is 398 g/mol. The maximum absolute atomic E-state index is 12.9. The molecular formula is C20H22N4O5. The van der Waals surface area contributed by atoms with Crippen molar-refractivity contribution in [3.8, 4) is 0 Å². The summed E-state index contributed by atoms with van der Waals surface area (Å²) >= 11 is 0. The molecule has 1 atom stereocenters. The second-order valence-electron chi connectivity index (χ2n) is 6.99. The van der Waals surface area contributed by atoms with Crippen LogP contribution in [0, 0.1) is 13.8 Å². The zero-order valence-corrected chi connectivity index (χ0v) is 16.4. The number of hydrogen-bond donors (Lipinski definition) is 3. The summed E-state index contributed by atoms with van der Waals surface area (Å²) in [6, 6.07) is 9.42. The van der Waals surface area contributed by atoms with E-state index < -0.39 is 36.0 Å². The van der Waals surface area contributed by atoms with E-state index in [1.54, 1.807) is 26.8 Å². The number of furan rings is 1. The topological polar surface area (TPSA) is 121 Å². The first kappa shape index (κ1) is 20.1. The second-order valence-corrected chi connectivity index (χ2v) is 6.99. The van der Waals surface area contributed by atoms with Crippen LogP contribution in [0.4, 0.5) is 9.59 Å². The van der Waals surface area contributed by atoms with E-state index in [1.165, 1.54) is 0 Å². The lowest BCUT2D eigenvalue weighted by Crippen LogP contribution is -2.46. The molecule has 1 aromatic heterocycles. The van der Waals surface area contributed by atoms with E-state index in [9.17, 15) is 19.2 Å². The molecule has 3 rings (SSSR count). The molecule has 3 N–H and O–H groups in total. The summed E-state index contributed by atoms with van der Waals surface area (Å²) in [5, 5.41) is 7.26. The van der Waals surface area contributed by atoms with Gasteiger partial charge < -0.3 is 15.1 Å². The maximum Gasteiger partial charge on any atom is 0.325 e. The van der Waals surface area contributed by atoms with Gasteiger partial charge in [0.2, 0.25) is 5.91 Å². The number of imide groups is 2. The summed E-state index contributed by atoms with van der Waals surface area (Å²) < 4.78 is 5.45. The third kappa shape index (κ3) is 4.13. The van der Waals surface area contributed by atoms with Crippen molar-refractivity contribution in [1.29, 1.82) is 0 Å². The number of carbonyl (C=O) groups excluding carboxylic acids is 4. The van der Waals surface area contributed by atoms with Crippen molar-refractivity contribution in [2.24, 2.45) is 0 Å². The zero-order valence-electron chi connectivity index (χ0n) is 16.4. The molecule has 1 aliphatic rings. The number of aryl methyl sites for hydroxylation is 2. The van der Waals surface area contributed by atoms with Gasteiger partial charge in [-0.3, -0.25) is 19.8 Å². The molecule has 1 aliphatic heterocycles. The lowest BCUT2D eigenvalue weighted by atomic mass is 9.92. The Morgan fingerprint density at radius 2 is 1.86 bits per heavy atom. The van der Waals surface area contributed by atoms with Crippen molar-refractivity contribution in [2.45, 2.75) is 32.9 Å². The molecule has 1 fully saturated rings. The van der Waals surface area contributed by atoms with Crippen molar-refractivity contribution in [3.63, 3.8) is 0 Å². The Hall–Kier alpha value is -3.62. The Morgan fingerprint density at radius 1 is 1.17 bits per heavy atom. The summed E-state index contributed by atoms with van der Waals surface area (Å²) in [5.74, 6) is -0.257. The van der Waals surface area contributed by atoms with Gasteiger partial charge in [0.1, 0.15) is 23.6 Å². The third-order valence-corrected chi connectivity index (χ3v) is 4.71. The Morgan fingerprint density at radius 3 is 2.48 bits per heavy atom. The molecule has 9 heteroatoms. The quantitative estimate of drug-likeness (QED) is 0.662. The normalized spacial score (nSPS) is 18.5. The largest absolute Gasteiger partial charge is 0.466 e. The Labute approximate surface area is 167 Å². The molecule has 0 radical (unpaired) electrons. The molecule has 1 aromatic carbocycles. The molecule has 2 aromatic rings. The van der Waals surface area contributed by atoms with Crippen molar-refractivity contribution < 1.29 is 23.6 Å². The maximum atomic E-state index is 12.9. The Balaban J connectivity index is 1.60. The van der Waals surface area contributed by atoms with Crippen LogP contribution in [0.3, 0.4) is 0 Å². The predicted molar refractivity (Wildman–Crippen MR) is 103 cm³/mol. The summed E-state index contributed by atoms with van der Waals surface area (Å²) in [7, 11) is 0. The molecular weight excluding hydrogens is 376 g/mol. The molecule has 6 amide bonds. The lowest BCUT2D eigenvalue weighted by Gasteiger charge is -2.21. The molecule has 1 unspecified atom stereocenters. The molecule has 9 nitrogen and oxygen atoms in total. The number of carbonyl (C=O) groups is 4. The van der Waals surface area contributed by atoms with Gasteiger partial charge in [-0.05, 0) is 32.4 Å². The third-order valence-electron chi connectivity index (χ3n) is 4.71. The van der Waals surface area contributed by atoms with Crippen LogP contribution < -0.4 is 16.0 Å². The smallest absolute Gasteiger partial charge is 0.325 e. The standard InChI is InChI=1S/C20H22N4O5/c1-12-9-15(13(2)29-12)20(3)17(26)24(19(28)23-20)11-16(25)22-18(27)21-10-14-7-5-4-6-8-14/h4-9H,10-11H2,1-3H3,(H,23,28)(H2,21,22,25,27). The van der Waals surface area contributed by atoms with Crippen molar-refractivity contribution in [1.82, 2.24) is 20.9 Å². The molecule has 0 bridgehead atoms. The minimum absolute atomic E-state index is 0.236. The molecule has 0 aliphatic carbocycles. The first-order valence-corrected chi connectivity index (χ1v) is 9.04. The second kappa shape index (κ2) is 7.78. The van der Waals surface area contributed by atoms with Crippen LogP contribution >= 0.6 is 0 Å². The fraction of sp³-hybridized carbons (Fsp3) is 0.300. The van der Waals surface area contributed by atoms with E-state index in [0.717, 1.165) is 10.5 Å². The van der Waals surface area contributed by atoms with Crippen LogP contribution in [0.5, 0.6) is 0 Å². The summed E-state index contributed by atoms with van der Waals surface area (Å²) in [5.41, 5.74) is 0.0528. The fourth-order valence-corrected chi connectivity index (χ4v) is 3.28.